The zero-order valence-electron chi connectivity index (χ0n) is 17.6. The number of hydrogen-bond acceptors (Lipinski definition) is 4. The molecule has 160 valence electrons. The molecule has 1 fully saturated rings. The van der Waals surface area contributed by atoms with Gasteiger partial charge in [-0.1, -0.05) is 18.2 Å². The van der Waals surface area contributed by atoms with Crippen molar-refractivity contribution in [1.29, 1.82) is 0 Å². The van der Waals surface area contributed by atoms with Crippen LogP contribution in [-0.4, -0.2) is 37.3 Å². The predicted octanol–water partition coefficient (Wildman–Crippen LogP) is 4.16. The fourth-order valence-electron chi connectivity index (χ4n) is 4.54. The number of para-hydroxylation sites is 1. The van der Waals surface area contributed by atoms with Crippen LogP contribution in [0.5, 0.6) is 0 Å². The molecular formula is C25H23N5O2. The van der Waals surface area contributed by atoms with Gasteiger partial charge in [0.15, 0.2) is 5.65 Å². The lowest BCUT2D eigenvalue weighted by atomic mass is 10.0. The van der Waals surface area contributed by atoms with Gasteiger partial charge >= 0.3 is 5.69 Å². The number of pyridine rings is 2. The molecule has 7 heteroatoms. The molecule has 0 radical (unpaired) electrons. The molecule has 5 aromatic rings. The van der Waals surface area contributed by atoms with E-state index in [0.29, 0.717) is 18.1 Å². The highest BCUT2D eigenvalue weighted by molar-refractivity contribution is 5.82. The lowest BCUT2D eigenvalue weighted by molar-refractivity contribution is 0.0613. The minimum Gasteiger partial charge on any atom is -0.381 e. The third kappa shape index (κ3) is 3.22. The van der Waals surface area contributed by atoms with Gasteiger partial charge in [0.05, 0.1) is 27.9 Å². The fourth-order valence-corrected chi connectivity index (χ4v) is 4.54. The van der Waals surface area contributed by atoms with Crippen LogP contribution in [0.15, 0.2) is 71.8 Å². The summed E-state index contributed by atoms with van der Waals surface area (Å²) >= 11 is 0. The van der Waals surface area contributed by atoms with Gasteiger partial charge in [0.2, 0.25) is 0 Å². The highest BCUT2D eigenvalue weighted by Crippen LogP contribution is 2.26. The van der Waals surface area contributed by atoms with Crippen molar-refractivity contribution in [1.82, 2.24) is 24.1 Å². The van der Waals surface area contributed by atoms with Crippen molar-refractivity contribution in [2.24, 2.45) is 5.92 Å². The Kier molecular flexibility index (Phi) is 4.61. The highest BCUT2D eigenvalue weighted by Gasteiger charge is 2.21. The molecule has 0 bridgehead atoms. The van der Waals surface area contributed by atoms with Crippen molar-refractivity contribution < 1.29 is 4.74 Å². The third-order valence-corrected chi connectivity index (χ3v) is 6.27. The van der Waals surface area contributed by atoms with E-state index in [0.717, 1.165) is 59.6 Å². The first-order chi connectivity index (χ1) is 15.8. The summed E-state index contributed by atoms with van der Waals surface area (Å²) in [5.41, 5.74) is 5.89. The van der Waals surface area contributed by atoms with E-state index in [1.54, 1.807) is 10.8 Å². The van der Waals surface area contributed by atoms with Gasteiger partial charge < -0.3 is 9.72 Å². The van der Waals surface area contributed by atoms with Crippen LogP contribution in [0.2, 0.25) is 0 Å². The number of aromatic nitrogens is 5. The second-order valence-corrected chi connectivity index (χ2v) is 8.29. The van der Waals surface area contributed by atoms with Crippen LogP contribution < -0.4 is 5.69 Å². The van der Waals surface area contributed by atoms with Crippen LogP contribution >= 0.6 is 0 Å². The summed E-state index contributed by atoms with van der Waals surface area (Å²) in [6.45, 7) is 2.16. The van der Waals surface area contributed by atoms with E-state index in [1.807, 2.05) is 65.4 Å². The maximum absolute atomic E-state index is 13.6. The van der Waals surface area contributed by atoms with Gasteiger partial charge in [-0.25, -0.2) is 19.3 Å². The maximum Gasteiger partial charge on any atom is 0.334 e. The van der Waals surface area contributed by atoms with Crippen LogP contribution in [-0.2, 0) is 11.3 Å². The monoisotopic (exact) mass is 425 g/mol. The normalized spacial score (nSPS) is 15.0. The van der Waals surface area contributed by atoms with Crippen molar-refractivity contribution >= 4 is 22.2 Å². The Bertz CT molecular complexity index is 1460. The minimum atomic E-state index is -0.0589. The van der Waals surface area contributed by atoms with Crippen LogP contribution in [0.25, 0.3) is 39.1 Å². The van der Waals surface area contributed by atoms with E-state index in [2.05, 4.69) is 4.98 Å². The second kappa shape index (κ2) is 7.76. The first kappa shape index (κ1) is 19.0. The largest absolute Gasteiger partial charge is 0.381 e. The number of imidazole rings is 1. The topological polar surface area (TPSA) is 77.7 Å². The van der Waals surface area contributed by atoms with Crippen molar-refractivity contribution in [2.75, 3.05) is 13.2 Å². The zero-order chi connectivity index (χ0) is 21.5. The minimum absolute atomic E-state index is 0.0589. The molecule has 1 aliphatic rings. The molecule has 0 spiro atoms. The molecule has 32 heavy (non-hydrogen) atoms. The van der Waals surface area contributed by atoms with Crippen LogP contribution in [0.4, 0.5) is 0 Å². The number of nitrogens with one attached hydrogen (secondary N) is 1. The Balaban J connectivity index is 1.53. The number of H-pyrrole nitrogens is 1. The first-order valence-electron chi connectivity index (χ1n) is 11.0. The summed E-state index contributed by atoms with van der Waals surface area (Å²) in [7, 11) is 0. The number of rotatable bonds is 4. The van der Waals surface area contributed by atoms with Crippen LogP contribution in [0.3, 0.4) is 0 Å². The van der Waals surface area contributed by atoms with Gasteiger partial charge in [0.1, 0.15) is 0 Å². The lowest BCUT2D eigenvalue weighted by Crippen LogP contribution is -2.28. The van der Waals surface area contributed by atoms with Gasteiger partial charge in [0, 0.05) is 37.7 Å². The number of ether oxygens (including phenoxy) is 1. The molecule has 1 aromatic carbocycles. The van der Waals surface area contributed by atoms with Crippen molar-refractivity contribution in [2.45, 2.75) is 19.4 Å². The predicted molar refractivity (Wildman–Crippen MR) is 124 cm³/mol. The Morgan fingerprint density at radius 1 is 1.06 bits per heavy atom. The molecule has 0 unspecified atom stereocenters. The summed E-state index contributed by atoms with van der Waals surface area (Å²) in [5.74, 6) is 0.411. The quantitative estimate of drug-likeness (QED) is 0.469. The van der Waals surface area contributed by atoms with E-state index < -0.39 is 0 Å². The highest BCUT2D eigenvalue weighted by atomic mass is 16.5. The average molecular weight is 425 g/mol. The average Bonchev–Trinajstić information content (AvgIpc) is 3.42. The number of benzene rings is 1. The molecular weight excluding hydrogens is 402 g/mol. The lowest BCUT2D eigenvalue weighted by Gasteiger charge is -2.22. The van der Waals surface area contributed by atoms with Crippen molar-refractivity contribution in [3.63, 3.8) is 0 Å². The molecule has 0 saturated carbocycles. The van der Waals surface area contributed by atoms with Gasteiger partial charge in [-0.15, -0.1) is 0 Å². The number of hydrogen-bond donors (Lipinski definition) is 1. The third-order valence-electron chi connectivity index (χ3n) is 6.27. The summed E-state index contributed by atoms with van der Waals surface area (Å²) in [5, 5.41) is 0. The van der Waals surface area contributed by atoms with Gasteiger partial charge in [-0.3, -0.25) is 4.57 Å². The number of nitrogens with zero attached hydrogens (tertiary/aromatic N) is 4. The fraction of sp³-hybridized carbons (Fsp3) is 0.240. The molecule has 1 saturated heterocycles. The first-order valence-corrected chi connectivity index (χ1v) is 11.0. The maximum atomic E-state index is 13.6. The molecule has 0 amide bonds. The molecule has 4 aromatic heterocycles. The summed E-state index contributed by atoms with van der Waals surface area (Å²) in [6.07, 6.45) is 5.61. The zero-order valence-corrected chi connectivity index (χ0v) is 17.6. The van der Waals surface area contributed by atoms with Gasteiger partial charge in [-0.05, 0) is 55.2 Å². The van der Waals surface area contributed by atoms with E-state index in [1.165, 1.54) is 0 Å². The van der Waals surface area contributed by atoms with Crippen molar-refractivity contribution in [3.8, 4) is 16.9 Å². The van der Waals surface area contributed by atoms with E-state index >= 15 is 0 Å². The molecule has 5 heterocycles. The standard InChI is InChI=1S/C25H23N5O2/c31-25-29(16-17-9-12-32-13-10-17)23-14-18(20-6-7-21-22(28-20)8-11-26-21)15-27-24(23)30(25)19-4-2-1-3-5-19/h1-8,11,14-15,17,26H,9-10,12-13,16H2. The molecule has 1 N–H and O–H groups in total. The van der Waals surface area contributed by atoms with E-state index in [-0.39, 0.29) is 5.69 Å². The number of fused-ring (bicyclic) bond motifs is 2. The smallest absolute Gasteiger partial charge is 0.334 e. The Morgan fingerprint density at radius 3 is 2.75 bits per heavy atom. The Hall–Kier alpha value is -3.71. The van der Waals surface area contributed by atoms with Crippen LogP contribution in [0.1, 0.15) is 12.8 Å². The van der Waals surface area contributed by atoms with E-state index in [9.17, 15) is 4.79 Å². The molecule has 1 aliphatic heterocycles. The Morgan fingerprint density at radius 2 is 1.91 bits per heavy atom. The summed E-state index contributed by atoms with van der Waals surface area (Å²) in [4.78, 5) is 26.3. The Labute approximate surface area is 184 Å². The van der Waals surface area contributed by atoms with Crippen molar-refractivity contribution in [3.05, 3.63) is 77.5 Å². The molecule has 6 rings (SSSR count). The van der Waals surface area contributed by atoms with Gasteiger partial charge in [0.25, 0.3) is 0 Å². The SMILES string of the molecule is O=c1n(CC2CCOCC2)c2cc(-c3ccc4[nH]ccc4n3)cnc2n1-c1ccccc1. The van der Waals surface area contributed by atoms with Gasteiger partial charge in [-0.2, -0.15) is 0 Å². The molecule has 0 atom stereocenters. The second-order valence-electron chi connectivity index (χ2n) is 8.29. The van der Waals surface area contributed by atoms with E-state index in [4.69, 9.17) is 14.7 Å². The summed E-state index contributed by atoms with van der Waals surface area (Å²) in [6, 6.07) is 17.7. The molecule has 7 nitrogen and oxygen atoms in total. The molecule has 0 aliphatic carbocycles. The summed E-state index contributed by atoms with van der Waals surface area (Å²) < 4.78 is 9.11. The van der Waals surface area contributed by atoms with Crippen LogP contribution in [0, 0.1) is 5.92 Å². The number of aromatic amines is 1.